The zero-order valence-electron chi connectivity index (χ0n) is 13.7. The molecule has 2 heteroatoms. The van der Waals surface area contributed by atoms with Crippen molar-refractivity contribution in [1.29, 1.82) is 0 Å². The molecule has 0 aromatic heterocycles. The molecule has 0 saturated carbocycles. The first-order chi connectivity index (χ1) is 9.21. The van der Waals surface area contributed by atoms with E-state index in [9.17, 15) is 0 Å². The fraction of sp³-hybridized carbons (Fsp3) is 0.333. The van der Waals surface area contributed by atoms with Crippen molar-refractivity contribution in [3.8, 4) is 0 Å². The largest absolute Gasteiger partial charge is 0.298 e. The third-order valence-corrected chi connectivity index (χ3v) is 3.06. The van der Waals surface area contributed by atoms with Crippen molar-refractivity contribution in [2.75, 3.05) is 42.3 Å². The normalized spacial score (nSPS) is 11.5. The Morgan fingerprint density at radius 2 is 0.700 bits per heavy atom. The third-order valence-electron chi connectivity index (χ3n) is 3.06. The molecule has 108 valence electrons. The highest BCUT2D eigenvalue weighted by atomic mass is 15.3. The van der Waals surface area contributed by atoms with Crippen molar-refractivity contribution in [3.05, 3.63) is 60.7 Å². The van der Waals surface area contributed by atoms with Crippen LogP contribution in [0.1, 0.15) is 0 Å². The maximum atomic E-state index is 2.16. The summed E-state index contributed by atoms with van der Waals surface area (Å²) >= 11 is 0. The van der Waals surface area contributed by atoms with Crippen LogP contribution in [0.15, 0.2) is 60.7 Å². The number of quaternary nitrogens is 2. The van der Waals surface area contributed by atoms with Gasteiger partial charge in [-0.25, -0.2) is 0 Å². The van der Waals surface area contributed by atoms with Crippen LogP contribution in [-0.2, 0) is 0 Å². The maximum absolute atomic E-state index is 2.16. The van der Waals surface area contributed by atoms with Crippen molar-refractivity contribution in [2.24, 2.45) is 0 Å². The number of hydrogen-bond acceptors (Lipinski definition) is 0. The van der Waals surface area contributed by atoms with Crippen LogP contribution in [0.5, 0.6) is 0 Å². The van der Waals surface area contributed by atoms with Gasteiger partial charge in [-0.2, -0.15) is 0 Å². The Morgan fingerprint density at radius 1 is 0.450 bits per heavy atom. The van der Waals surface area contributed by atoms with Crippen molar-refractivity contribution >= 4 is 11.4 Å². The SMILES string of the molecule is C[N+](C)(C)c1ccccc1.C[N+](C)(C)c1ccccc1. The lowest BCUT2D eigenvalue weighted by molar-refractivity contribution is 0.486. The monoisotopic (exact) mass is 272 g/mol. The van der Waals surface area contributed by atoms with Gasteiger partial charge >= 0.3 is 0 Å². The summed E-state index contributed by atoms with van der Waals surface area (Å²) in [5.41, 5.74) is 2.67. The van der Waals surface area contributed by atoms with E-state index in [2.05, 4.69) is 90.8 Å². The van der Waals surface area contributed by atoms with Crippen LogP contribution in [0.25, 0.3) is 0 Å². The van der Waals surface area contributed by atoms with E-state index in [0.29, 0.717) is 0 Å². The Balaban J connectivity index is 0.000000200. The lowest BCUT2D eigenvalue weighted by Gasteiger charge is -2.22. The van der Waals surface area contributed by atoms with Crippen LogP contribution in [0.3, 0.4) is 0 Å². The number of hydrogen-bond donors (Lipinski definition) is 0. The molecule has 20 heavy (non-hydrogen) atoms. The van der Waals surface area contributed by atoms with E-state index in [1.165, 1.54) is 11.4 Å². The van der Waals surface area contributed by atoms with Gasteiger partial charge in [-0.1, -0.05) is 36.4 Å². The molecule has 2 aromatic rings. The highest BCUT2D eigenvalue weighted by molar-refractivity contribution is 5.40. The van der Waals surface area contributed by atoms with E-state index in [-0.39, 0.29) is 0 Å². The maximum Gasteiger partial charge on any atom is 0.132 e. The molecule has 0 unspecified atom stereocenters. The predicted molar refractivity (Wildman–Crippen MR) is 92.0 cm³/mol. The molecule has 0 aliphatic rings. The molecule has 0 atom stereocenters. The van der Waals surface area contributed by atoms with Crippen molar-refractivity contribution in [2.45, 2.75) is 0 Å². The minimum Gasteiger partial charge on any atom is -0.298 e. The molecular formula is C18H28N2+2. The number of nitrogens with zero attached hydrogens (tertiary/aromatic N) is 2. The van der Waals surface area contributed by atoms with Crippen LogP contribution in [0.4, 0.5) is 11.4 Å². The predicted octanol–water partition coefficient (Wildman–Crippen LogP) is 3.77. The van der Waals surface area contributed by atoms with Gasteiger partial charge < -0.3 is 0 Å². The Hall–Kier alpha value is -1.64. The molecule has 0 spiro atoms. The second kappa shape index (κ2) is 6.69. The molecule has 0 heterocycles. The second-order valence-corrected chi connectivity index (χ2v) is 6.70. The Labute approximate surface area is 124 Å². The smallest absolute Gasteiger partial charge is 0.132 e. The molecule has 2 nitrogen and oxygen atoms in total. The lowest BCUT2D eigenvalue weighted by Crippen LogP contribution is -2.34. The topological polar surface area (TPSA) is 0 Å². The van der Waals surface area contributed by atoms with E-state index < -0.39 is 0 Å². The number of benzene rings is 2. The first kappa shape index (κ1) is 16.4. The van der Waals surface area contributed by atoms with Gasteiger partial charge in [0.1, 0.15) is 11.4 Å². The Bertz CT molecular complexity index is 441. The standard InChI is InChI=1S/2C9H14N/c2*1-10(2,3)9-7-5-4-6-8-9/h2*4-8H,1-3H3/q2*+1. The van der Waals surface area contributed by atoms with Crippen LogP contribution in [-0.4, -0.2) is 42.3 Å². The molecule has 0 fully saturated rings. The summed E-state index contributed by atoms with van der Waals surface area (Å²) < 4.78 is 1.78. The molecule has 0 N–H and O–H groups in total. The molecule has 0 bridgehead atoms. The Kier molecular flexibility index (Phi) is 5.49. The summed E-state index contributed by atoms with van der Waals surface area (Å²) in [5.74, 6) is 0. The summed E-state index contributed by atoms with van der Waals surface area (Å²) in [6, 6.07) is 20.9. The van der Waals surface area contributed by atoms with Gasteiger partial charge in [0.25, 0.3) is 0 Å². The van der Waals surface area contributed by atoms with Gasteiger partial charge in [0.05, 0.1) is 42.3 Å². The van der Waals surface area contributed by atoms with Gasteiger partial charge in [0.2, 0.25) is 0 Å². The molecule has 0 aliphatic carbocycles. The first-order valence-electron chi connectivity index (χ1n) is 6.95. The summed E-state index contributed by atoms with van der Waals surface area (Å²) in [5, 5.41) is 0. The fourth-order valence-electron chi connectivity index (χ4n) is 1.75. The van der Waals surface area contributed by atoms with Gasteiger partial charge in [0, 0.05) is 0 Å². The van der Waals surface area contributed by atoms with Gasteiger partial charge in [-0.15, -0.1) is 0 Å². The van der Waals surface area contributed by atoms with E-state index in [1.54, 1.807) is 0 Å². The summed E-state index contributed by atoms with van der Waals surface area (Å²) in [4.78, 5) is 0. The van der Waals surface area contributed by atoms with Gasteiger partial charge in [-0.3, -0.25) is 8.97 Å². The zero-order chi connectivity index (χ0) is 15.2. The van der Waals surface area contributed by atoms with Crippen molar-refractivity contribution in [3.63, 3.8) is 0 Å². The van der Waals surface area contributed by atoms with Crippen LogP contribution < -0.4 is 8.97 Å². The zero-order valence-corrected chi connectivity index (χ0v) is 13.7. The summed E-state index contributed by atoms with van der Waals surface area (Å²) in [6.07, 6.45) is 0. The second-order valence-electron chi connectivity index (χ2n) is 6.70. The van der Waals surface area contributed by atoms with Crippen molar-refractivity contribution < 1.29 is 0 Å². The van der Waals surface area contributed by atoms with E-state index in [1.807, 2.05) is 12.1 Å². The highest BCUT2D eigenvalue weighted by Gasteiger charge is 2.09. The van der Waals surface area contributed by atoms with Gasteiger partial charge in [-0.05, 0) is 24.3 Å². The van der Waals surface area contributed by atoms with Crippen LogP contribution in [0.2, 0.25) is 0 Å². The minimum atomic E-state index is 0.890. The molecule has 0 radical (unpaired) electrons. The van der Waals surface area contributed by atoms with Crippen LogP contribution >= 0.6 is 0 Å². The third kappa shape index (κ3) is 5.55. The summed E-state index contributed by atoms with van der Waals surface area (Å²) in [6.45, 7) is 0. The quantitative estimate of drug-likeness (QED) is 0.730. The van der Waals surface area contributed by atoms with E-state index in [4.69, 9.17) is 0 Å². The molecule has 0 amide bonds. The average molecular weight is 272 g/mol. The Morgan fingerprint density at radius 3 is 0.850 bits per heavy atom. The lowest BCUT2D eigenvalue weighted by atomic mass is 10.3. The summed E-state index contributed by atoms with van der Waals surface area (Å²) in [7, 11) is 13.0. The molecule has 0 aliphatic heterocycles. The number of rotatable bonds is 2. The fourth-order valence-corrected chi connectivity index (χ4v) is 1.75. The average Bonchev–Trinajstić information content (AvgIpc) is 2.40. The molecule has 2 rings (SSSR count). The van der Waals surface area contributed by atoms with Crippen molar-refractivity contribution in [1.82, 2.24) is 8.97 Å². The molecule has 2 aromatic carbocycles. The number of para-hydroxylation sites is 2. The van der Waals surface area contributed by atoms with E-state index in [0.717, 1.165) is 8.97 Å². The van der Waals surface area contributed by atoms with Gasteiger partial charge in [0.15, 0.2) is 0 Å². The molecular weight excluding hydrogens is 244 g/mol. The highest BCUT2D eigenvalue weighted by Crippen LogP contribution is 2.14. The van der Waals surface area contributed by atoms with E-state index >= 15 is 0 Å². The minimum absolute atomic E-state index is 0.890. The molecule has 0 saturated heterocycles. The van der Waals surface area contributed by atoms with Crippen LogP contribution in [0, 0.1) is 0 Å². The first-order valence-corrected chi connectivity index (χ1v) is 6.95.